The van der Waals surface area contributed by atoms with E-state index in [0.29, 0.717) is 18.7 Å². The molecule has 0 spiro atoms. The maximum absolute atomic E-state index is 13.0. The second-order valence-electron chi connectivity index (χ2n) is 8.96. The number of nitrogens with zero attached hydrogens (tertiary/aromatic N) is 2. The van der Waals surface area contributed by atoms with Crippen LogP contribution in [0.1, 0.15) is 34.3 Å². The number of piperidine rings is 1. The minimum absolute atomic E-state index is 0.00923. The number of ether oxygens (including phenoxy) is 1. The Morgan fingerprint density at radius 1 is 0.912 bits per heavy atom. The minimum atomic E-state index is -0.358. The molecule has 2 amide bonds. The predicted molar refractivity (Wildman–Crippen MR) is 128 cm³/mol. The van der Waals surface area contributed by atoms with Crippen LogP contribution in [0.15, 0.2) is 48.5 Å². The van der Waals surface area contributed by atoms with E-state index >= 15 is 0 Å². The van der Waals surface area contributed by atoms with Crippen molar-refractivity contribution in [2.24, 2.45) is 0 Å². The third-order valence-corrected chi connectivity index (χ3v) is 6.49. The van der Waals surface area contributed by atoms with E-state index < -0.39 is 0 Å². The molecule has 0 atom stereocenters. The van der Waals surface area contributed by atoms with Crippen molar-refractivity contribution in [1.82, 2.24) is 20.4 Å². The van der Waals surface area contributed by atoms with E-state index in [1.165, 1.54) is 29.8 Å². The molecule has 2 saturated heterocycles. The number of nitrogens with one attached hydrogen (secondary N) is 2. The molecule has 0 aliphatic carbocycles. The van der Waals surface area contributed by atoms with Gasteiger partial charge in [0.2, 0.25) is 5.91 Å². The van der Waals surface area contributed by atoms with Crippen LogP contribution >= 0.6 is 0 Å². The van der Waals surface area contributed by atoms with E-state index in [-0.39, 0.29) is 23.7 Å². The monoisotopic (exact) mass is 468 g/mol. The van der Waals surface area contributed by atoms with Crippen molar-refractivity contribution in [2.45, 2.75) is 32.0 Å². The molecule has 34 heavy (non-hydrogen) atoms. The first-order chi connectivity index (χ1) is 16.6. The summed E-state index contributed by atoms with van der Waals surface area (Å²) in [7, 11) is 0. The number of likely N-dealkylation sites (tertiary alicyclic amines) is 1. The molecule has 0 saturated carbocycles. The van der Waals surface area contributed by atoms with E-state index in [0.717, 1.165) is 64.3 Å². The van der Waals surface area contributed by atoms with Gasteiger partial charge in [0.05, 0.1) is 19.8 Å². The van der Waals surface area contributed by atoms with Crippen molar-refractivity contribution in [2.75, 3.05) is 45.9 Å². The molecule has 0 aromatic heterocycles. The van der Waals surface area contributed by atoms with Crippen LogP contribution in [-0.4, -0.2) is 73.6 Å². The second-order valence-corrected chi connectivity index (χ2v) is 8.96. The molecule has 2 fully saturated rings. The van der Waals surface area contributed by atoms with Crippen molar-refractivity contribution < 1.29 is 18.7 Å². The maximum atomic E-state index is 13.0. The highest BCUT2D eigenvalue weighted by Gasteiger charge is 2.22. The number of benzene rings is 2. The Morgan fingerprint density at radius 2 is 1.59 bits per heavy atom. The molecule has 2 aromatic rings. The Balaban J connectivity index is 1.18. The topological polar surface area (TPSA) is 73.9 Å². The zero-order valence-corrected chi connectivity index (χ0v) is 19.5. The van der Waals surface area contributed by atoms with Gasteiger partial charge < -0.3 is 15.4 Å². The lowest BCUT2D eigenvalue weighted by molar-refractivity contribution is -0.122. The summed E-state index contributed by atoms with van der Waals surface area (Å²) >= 11 is 0. The largest absolute Gasteiger partial charge is 0.379 e. The fraction of sp³-hybridized carbons (Fsp3) is 0.462. The molecular formula is C26H33FN4O3. The van der Waals surface area contributed by atoms with Crippen molar-refractivity contribution in [1.29, 1.82) is 0 Å². The van der Waals surface area contributed by atoms with Gasteiger partial charge in [-0.2, -0.15) is 0 Å². The van der Waals surface area contributed by atoms with Crippen LogP contribution in [-0.2, 0) is 22.6 Å². The number of hydrogen-bond donors (Lipinski definition) is 2. The third kappa shape index (κ3) is 7.09. The van der Waals surface area contributed by atoms with Crippen LogP contribution in [0.25, 0.3) is 0 Å². The molecule has 4 rings (SSSR count). The summed E-state index contributed by atoms with van der Waals surface area (Å²) in [5.74, 6) is -0.536. The number of halogens is 1. The number of carbonyl (C=O) groups excluding carboxylic acids is 2. The Bertz CT molecular complexity index is 955. The van der Waals surface area contributed by atoms with Crippen LogP contribution in [0.2, 0.25) is 0 Å². The molecule has 8 heteroatoms. The minimum Gasteiger partial charge on any atom is -0.379 e. The predicted octanol–water partition coefficient (Wildman–Crippen LogP) is 2.17. The van der Waals surface area contributed by atoms with Crippen molar-refractivity contribution in [3.05, 3.63) is 71.0 Å². The highest BCUT2D eigenvalue weighted by atomic mass is 19.1. The zero-order valence-electron chi connectivity index (χ0n) is 19.5. The fourth-order valence-corrected chi connectivity index (χ4v) is 4.44. The summed E-state index contributed by atoms with van der Waals surface area (Å²) in [6.07, 6.45) is 1.56. The highest BCUT2D eigenvalue weighted by molar-refractivity contribution is 5.94. The number of carbonyl (C=O) groups is 2. The Morgan fingerprint density at radius 3 is 2.29 bits per heavy atom. The molecule has 0 unspecified atom stereocenters. The molecule has 0 radical (unpaired) electrons. The summed E-state index contributed by atoms with van der Waals surface area (Å²) in [4.78, 5) is 29.4. The van der Waals surface area contributed by atoms with Gasteiger partial charge in [-0.3, -0.25) is 19.4 Å². The van der Waals surface area contributed by atoms with E-state index in [2.05, 4.69) is 32.6 Å². The van der Waals surface area contributed by atoms with Gasteiger partial charge in [-0.25, -0.2) is 4.39 Å². The van der Waals surface area contributed by atoms with Crippen molar-refractivity contribution >= 4 is 11.8 Å². The number of morpholine rings is 1. The summed E-state index contributed by atoms with van der Waals surface area (Å²) in [6.45, 7) is 6.63. The SMILES string of the molecule is O=C(CN1CCC(NC(=O)c2ccc(F)cc2)CC1)NCc1ccccc1CN1CCOCC1. The Kier molecular flexibility index (Phi) is 8.62. The molecule has 182 valence electrons. The van der Waals surface area contributed by atoms with E-state index in [9.17, 15) is 14.0 Å². The van der Waals surface area contributed by atoms with Crippen LogP contribution in [0.5, 0.6) is 0 Å². The first-order valence-electron chi connectivity index (χ1n) is 12.0. The summed E-state index contributed by atoms with van der Waals surface area (Å²) in [5, 5.41) is 6.08. The molecule has 2 aliphatic heterocycles. The number of amides is 2. The molecule has 7 nitrogen and oxygen atoms in total. The average molecular weight is 469 g/mol. The molecule has 2 aliphatic rings. The number of hydrogen-bond acceptors (Lipinski definition) is 5. The van der Waals surface area contributed by atoms with E-state index in [4.69, 9.17) is 4.74 Å². The van der Waals surface area contributed by atoms with Gasteiger partial charge in [0, 0.05) is 50.9 Å². The second kappa shape index (κ2) is 12.1. The molecular weight excluding hydrogens is 435 g/mol. The first kappa shape index (κ1) is 24.3. The zero-order chi connectivity index (χ0) is 23.8. The van der Waals surface area contributed by atoms with Gasteiger partial charge in [0.15, 0.2) is 0 Å². The quantitative estimate of drug-likeness (QED) is 0.621. The summed E-state index contributed by atoms with van der Waals surface area (Å²) in [5.41, 5.74) is 2.84. The third-order valence-electron chi connectivity index (χ3n) is 6.49. The Labute approximate surface area is 200 Å². The smallest absolute Gasteiger partial charge is 0.251 e. The van der Waals surface area contributed by atoms with Crippen molar-refractivity contribution in [3.8, 4) is 0 Å². The van der Waals surface area contributed by atoms with E-state index in [1.54, 1.807) is 0 Å². The lowest BCUT2D eigenvalue weighted by Crippen LogP contribution is -2.47. The van der Waals surface area contributed by atoms with Gasteiger partial charge in [-0.05, 0) is 48.2 Å². The van der Waals surface area contributed by atoms with Gasteiger partial charge in [0.25, 0.3) is 5.91 Å². The molecule has 0 bridgehead atoms. The lowest BCUT2D eigenvalue weighted by Gasteiger charge is -2.32. The van der Waals surface area contributed by atoms with Crippen LogP contribution in [0.4, 0.5) is 4.39 Å². The average Bonchev–Trinajstić information content (AvgIpc) is 2.86. The van der Waals surface area contributed by atoms with Gasteiger partial charge in [0.1, 0.15) is 5.82 Å². The molecule has 2 N–H and O–H groups in total. The van der Waals surface area contributed by atoms with Crippen molar-refractivity contribution in [3.63, 3.8) is 0 Å². The van der Waals surface area contributed by atoms with Gasteiger partial charge in [-0.15, -0.1) is 0 Å². The normalized spacial score (nSPS) is 17.9. The highest BCUT2D eigenvalue weighted by Crippen LogP contribution is 2.14. The fourth-order valence-electron chi connectivity index (χ4n) is 4.44. The van der Waals surface area contributed by atoms with Crippen LogP contribution in [0.3, 0.4) is 0 Å². The maximum Gasteiger partial charge on any atom is 0.251 e. The lowest BCUT2D eigenvalue weighted by atomic mass is 10.0. The molecule has 2 aromatic carbocycles. The summed E-state index contributed by atoms with van der Waals surface area (Å²) < 4.78 is 18.5. The van der Waals surface area contributed by atoms with Crippen LogP contribution in [0, 0.1) is 5.82 Å². The standard InChI is InChI=1S/C26H33FN4O3/c27-23-7-5-20(6-8-23)26(33)29-24-9-11-30(12-10-24)19-25(32)28-17-21-3-1-2-4-22(21)18-31-13-15-34-16-14-31/h1-8,24H,9-19H2,(H,28,32)(H,29,33). The molecule has 2 heterocycles. The van der Waals surface area contributed by atoms with E-state index in [1.807, 2.05) is 12.1 Å². The van der Waals surface area contributed by atoms with Gasteiger partial charge >= 0.3 is 0 Å². The van der Waals surface area contributed by atoms with Gasteiger partial charge in [-0.1, -0.05) is 24.3 Å². The first-order valence-corrected chi connectivity index (χ1v) is 12.0. The van der Waals surface area contributed by atoms with Crippen LogP contribution < -0.4 is 10.6 Å². The number of rotatable bonds is 8. The summed E-state index contributed by atoms with van der Waals surface area (Å²) in [6, 6.07) is 13.9. The Hall–Kier alpha value is -2.81.